The van der Waals surface area contributed by atoms with Crippen LogP contribution < -0.4 is 14.9 Å². The molecule has 34 heavy (non-hydrogen) atoms. The number of thiophene rings is 1. The first-order valence-corrected chi connectivity index (χ1v) is 11.4. The Labute approximate surface area is 197 Å². The molecule has 0 bridgehead atoms. The standard InChI is InChI=1S/C27H16N2O4S/c30-25-21-11-10-20(33-26-22-12-13-34-27(22)29-16-28-26)14-23(21)31-15-24(25)32-19-8-6-18(7-9-19)17-4-2-1-3-5-17/h1-16H. The molecule has 3 aromatic carbocycles. The lowest BCUT2D eigenvalue weighted by Gasteiger charge is -2.08. The van der Waals surface area contributed by atoms with E-state index in [1.54, 1.807) is 18.2 Å². The summed E-state index contributed by atoms with van der Waals surface area (Å²) in [5, 5.41) is 3.16. The second-order valence-electron chi connectivity index (χ2n) is 7.50. The summed E-state index contributed by atoms with van der Waals surface area (Å²) in [5.41, 5.74) is 2.31. The van der Waals surface area contributed by atoms with Crippen molar-refractivity contribution in [1.29, 1.82) is 0 Å². The summed E-state index contributed by atoms with van der Waals surface area (Å²) in [5.74, 6) is 1.62. The fourth-order valence-electron chi connectivity index (χ4n) is 3.66. The molecular weight excluding hydrogens is 448 g/mol. The largest absolute Gasteiger partial charge is 0.460 e. The quantitative estimate of drug-likeness (QED) is 0.272. The lowest BCUT2D eigenvalue weighted by molar-refractivity contribution is 0.448. The summed E-state index contributed by atoms with van der Waals surface area (Å²) in [7, 11) is 0. The monoisotopic (exact) mass is 464 g/mol. The second-order valence-corrected chi connectivity index (χ2v) is 8.39. The number of fused-ring (bicyclic) bond motifs is 2. The van der Waals surface area contributed by atoms with Crippen LogP contribution in [-0.4, -0.2) is 9.97 Å². The molecule has 6 nitrogen and oxygen atoms in total. The van der Waals surface area contributed by atoms with Crippen LogP contribution in [0.25, 0.3) is 32.3 Å². The van der Waals surface area contributed by atoms with Gasteiger partial charge in [-0.1, -0.05) is 42.5 Å². The third-order valence-corrected chi connectivity index (χ3v) is 6.16. The maximum atomic E-state index is 13.0. The summed E-state index contributed by atoms with van der Waals surface area (Å²) < 4.78 is 17.5. The van der Waals surface area contributed by atoms with Crippen molar-refractivity contribution >= 4 is 32.5 Å². The summed E-state index contributed by atoms with van der Waals surface area (Å²) in [6.45, 7) is 0. The van der Waals surface area contributed by atoms with Gasteiger partial charge in [0.2, 0.25) is 17.1 Å². The van der Waals surface area contributed by atoms with Gasteiger partial charge in [-0.15, -0.1) is 11.3 Å². The molecule has 0 N–H and O–H groups in total. The lowest BCUT2D eigenvalue weighted by atomic mass is 10.1. The molecule has 0 aliphatic carbocycles. The Bertz CT molecular complexity index is 1680. The Hall–Kier alpha value is -4.49. The van der Waals surface area contributed by atoms with Crippen LogP contribution in [0.3, 0.4) is 0 Å². The van der Waals surface area contributed by atoms with Crippen LogP contribution in [0.2, 0.25) is 0 Å². The van der Waals surface area contributed by atoms with Gasteiger partial charge in [0.1, 0.15) is 34.5 Å². The summed E-state index contributed by atoms with van der Waals surface area (Å²) in [6, 6.07) is 24.6. The average Bonchev–Trinajstić information content (AvgIpc) is 3.37. The van der Waals surface area contributed by atoms with Crippen molar-refractivity contribution in [2.24, 2.45) is 0 Å². The number of nitrogens with zero attached hydrogens (tertiary/aromatic N) is 2. The zero-order valence-electron chi connectivity index (χ0n) is 17.7. The van der Waals surface area contributed by atoms with E-state index in [1.807, 2.05) is 66.0 Å². The minimum Gasteiger partial charge on any atom is -0.460 e. The van der Waals surface area contributed by atoms with Gasteiger partial charge in [0.25, 0.3) is 0 Å². The van der Waals surface area contributed by atoms with E-state index in [2.05, 4.69) is 9.97 Å². The highest BCUT2D eigenvalue weighted by molar-refractivity contribution is 7.16. The normalized spacial score (nSPS) is 11.1. The van der Waals surface area contributed by atoms with Crippen LogP contribution in [0, 0.1) is 0 Å². The third-order valence-electron chi connectivity index (χ3n) is 5.34. The van der Waals surface area contributed by atoms with Crippen LogP contribution in [0.4, 0.5) is 0 Å². The molecule has 0 aliphatic heterocycles. The molecule has 3 heterocycles. The lowest BCUT2D eigenvalue weighted by Crippen LogP contribution is -2.05. The molecule has 0 unspecified atom stereocenters. The van der Waals surface area contributed by atoms with E-state index in [1.165, 1.54) is 23.9 Å². The Morgan fingerprint density at radius 3 is 2.41 bits per heavy atom. The summed E-state index contributed by atoms with van der Waals surface area (Å²) in [4.78, 5) is 22.3. The smallest absolute Gasteiger partial charge is 0.235 e. The van der Waals surface area contributed by atoms with Crippen molar-refractivity contribution in [3.05, 3.63) is 107 Å². The topological polar surface area (TPSA) is 74.5 Å². The first kappa shape index (κ1) is 20.1. The molecule has 0 atom stereocenters. The van der Waals surface area contributed by atoms with Gasteiger partial charge in [-0.25, -0.2) is 9.97 Å². The summed E-state index contributed by atoms with van der Waals surface area (Å²) in [6.07, 6.45) is 2.78. The molecule has 6 aromatic rings. The third kappa shape index (κ3) is 3.78. The Balaban J connectivity index is 1.26. The fraction of sp³-hybridized carbons (Fsp3) is 0. The van der Waals surface area contributed by atoms with Crippen molar-refractivity contribution in [1.82, 2.24) is 9.97 Å². The number of aromatic nitrogens is 2. The first-order chi connectivity index (χ1) is 16.7. The highest BCUT2D eigenvalue weighted by atomic mass is 32.1. The maximum absolute atomic E-state index is 13.0. The average molecular weight is 465 g/mol. The highest BCUT2D eigenvalue weighted by Crippen LogP contribution is 2.31. The zero-order chi connectivity index (χ0) is 22.9. The Kier molecular flexibility index (Phi) is 5.01. The van der Waals surface area contributed by atoms with E-state index < -0.39 is 0 Å². The van der Waals surface area contributed by atoms with E-state index in [0.717, 1.165) is 21.3 Å². The Morgan fingerprint density at radius 2 is 1.56 bits per heavy atom. The number of rotatable bonds is 5. The SMILES string of the molecule is O=c1c(Oc2ccc(-c3ccccc3)cc2)coc2cc(Oc3ncnc4sccc34)ccc12. The first-order valence-electron chi connectivity index (χ1n) is 10.5. The van der Waals surface area contributed by atoms with Crippen molar-refractivity contribution in [3.8, 4) is 34.3 Å². The van der Waals surface area contributed by atoms with E-state index in [0.29, 0.717) is 28.3 Å². The van der Waals surface area contributed by atoms with Crippen LogP contribution >= 0.6 is 11.3 Å². The molecule has 0 saturated heterocycles. The van der Waals surface area contributed by atoms with Gasteiger partial charge in [0, 0.05) is 6.07 Å². The minimum atomic E-state index is -0.262. The van der Waals surface area contributed by atoms with E-state index >= 15 is 0 Å². The number of hydrogen-bond donors (Lipinski definition) is 0. The van der Waals surface area contributed by atoms with E-state index in [-0.39, 0.29) is 11.2 Å². The highest BCUT2D eigenvalue weighted by Gasteiger charge is 2.12. The zero-order valence-corrected chi connectivity index (χ0v) is 18.5. The van der Waals surface area contributed by atoms with Gasteiger partial charge >= 0.3 is 0 Å². The number of benzene rings is 3. The van der Waals surface area contributed by atoms with Gasteiger partial charge in [0.15, 0.2) is 0 Å². The fourth-order valence-corrected chi connectivity index (χ4v) is 4.38. The van der Waals surface area contributed by atoms with Crippen LogP contribution in [0.15, 0.2) is 106 Å². The Morgan fingerprint density at radius 1 is 0.765 bits per heavy atom. The molecule has 0 aliphatic rings. The van der Waals surface area contributed by atoms with Gasteiger partial charge in [-0.3, -0.25) is 4.79 Å². The van der Waals surface area contributed by atoms with E-state index in [4.69, 9.17) is 13.9 Å². The number of hydrogen-bond acceptors (Lipinski definition) is 7. The minimum absolute atomic E-state index is 0.115. The van der Waals surface area contributed by atoms with Crippen molar-refractivity contribution in [2.45, 2.75) is 0 Å². The number of ether oxygens (including phenoxy) is 2. The van der Waals surface area contributed by atoms with Crippen molar-refractivity contribution in [2.75, 3.05) is 0 Å². The maximum Gasteiger partial charge on any atom is 0.235 e. The van der Waals surface area contributed by atoms with Crippen LogP contribution in [-0.2, 0) is 0 Å². The molecule has 7 heteroatoms. The molecule has 164 valence electrons. The van der Waals surface area contributed by atoms with Gasteiger partial charge in [-0.2, -0.15) is 0 Å². The van der Waals surface area contributed by atoms with Crippen molar-refractivity contribution in [3.63, 3.8) is 0 Å². The molecule has 0 saturated carbocycles. The summed E-state index contributed by atoms with van der Waals surface area (Å²) >= 11 is 1.51. The van der Waals surface area contributed by atoms with Gasteiger partial charge < -0.3 is 13.9 Å². The molecule has 6 rings (SSSR count). The van der Waals surface area contributed by atoms with Crippen LogP contribution in [0.1, 0.15) is 0 Å². The molecular formula is C27H16N2O4S. The van der Waals surface area contributed by atoms with Gasteiger partial charge in [0.05, 0.1) is 10.8 Å². The predicted molar refractivity (Wildman–Crippen MR) is 132 cm³/mol. The van der Waals surface area contributed by atoms with Crippen LogP contribution in [0.5, 0.6) is 23.1 Å². The molecule has 0 spiro atoms. The van der Waals surface area contributed by atoms with Gasteiger partial charge in [-0.05, 0) is 46.8 Å². The van der Waals surface area contributed by atoms with Crippen molar-refractivity contribution < 1.29 is 13.9 Å². The molecule has 0 radical (unpaired) electrons. The molecule has 3 aromatic heterocycles. The second kappa shape index (κ2) is 8.46. The predicted octanol–water partition coefficient (Wildman–Crippen LogP) is 7.05. The van der Waals surface area contributed by atoms with E-state index in [9.17, 15) is 4.79 Å². The molecule has 0 amide bonds. The molecule has 0 fully saturated rings.